The van der Waals surface area contributed by atoms with Gasteiger partial charge in [-0.3, -0.25) is 9.59 Å². The van der Waals surface area contributed by atoms with Crippen LogP contribution < -0.4 is 5.32 Å². The molecule has 0 aliphatic carbocycles. The molecule has 0 unspecified atom stereocenters. The van der Waals surface area contributed by atoms with E-state index in [1.54, 1.807) is 48.5 Å². The van der Waals surface area contributed by atoms with E-state index in [0.717, 1.165) is 16.9 Å². The van der Waals surface area contributed by atoms with Gasteiger partial charge in [-0.05, 0) is 53.7 Å². The summed E-state index contributed by atoms with van der Waals surface area (Å²) in [6, 6.07) is 19.5. The lowest BCUT2D eigenvalue weighted by molar-refractivity contribution is -0.137. The molecule has 0 atom stereocenters. The summed E-state index contributed by atoms with van der Waals surface area (Å²) in [6.45, 7) is -0.248. The number of hydrogen-bond donors (Lipinski definition) is 1. The summed E-state index contributed by atoms with van der Waals surface area (Å²) in [5, 5.41) is 14.3. The molecule has 0 radical (unpaired) electrons. The minimum absolute atomic E-state index is 0.0205. The van der Waals surface area contributed by atoms with Gasteiger partial charge >= 0.3 is 6.18 Å². The fourth-order valence-corrected chi connectivity index (χ4v) is 3.01. The second-order valence-electron chi connectivity index (χ2n) is 7.04. The number of ketones is 1. The van der Waals surface area contributed by atoms with E-state index in [0.29, 0.717) is 16.8 Å². The minimum atomic E-state index is -4.49. The van der Waals surface area contributed by atoms with E-state index in [4.69, 9.17) is 0 Å². The van der Waals surface area contributed by atoms with Gasteiger partial charge in [-0.25, -0.2) is 0 Å². The van der Waals surface area contributed by atoms with Crippen LogP contribution in [0.5, 0.6) is 0 Å². The lowest BCUT2D eigenvalue weighted by atomic mass is 10.1. The van der Waals surface area contributed by atoms with Crippen molar-refractivity contribution >= 4 is 17.4 Å². The molecule has 1 heterocycles. The number of nitrogens with zero attached hydrogens (tertiary/aromatic N) is 4. The van der Waals surface area contributed by atoms with Gasteiger partial charge in [0.25, 0.3) is 5.91 Å². The molecular formula is C23H16F3N5O2. The number of amides is 1. The first kappa shape index (κ1) is 21.9. The van der Waals surface area contributed by atoms with E-state index in [1.807, 2.05) is 6.07 Å². The quantitative estimate of drug-likeness (QED) is 0.436. The van der Waals surface area contributed by atoms with Crippen LogP contribution in [0.1, 0.15) is 26.3 Å². The number of benzene rings is 3. The molecule has 0 spiro atoms. The fraction of sp³-hybridized carbons (Fsp3) is 0.0870. The molecule has 1 amide bonds. The largest absolute Gasteiger partial charge is 0.416 e. The summed E-state index contributed by atoms with van der Waals surface area (Å²) in [7, 11) is 0. The molecule has 0 fully saturated rings. The normalized spacial score (nSPS) is 11.2. The Hall–Kier alpha value is -4.34. The maximum atomic E-state index is 12.9. The Morgan fingerprint density at radius 1 is 0.879 bits per heavy atom. The van der Waals surface area contributed by atoms with Crippen molar-refractivity contribution in [3.63, 3.8) is 0 Å². The standard InChI is InChI=1S/C23H16F3N5O2/c24-23(25,26)18-8-4-7-17(13-18)21-28-30-31(29-21)14-20(32)15-9-11-19(12-10-15)27-22(33)16-5-2-1-3-6-16/h1-13H,14H2,(H,27,33). The monoisotopic (exact) mass is 451 g/mol. The van der Waals surface area contributed by atoms with Gasteiger partial charge in [0.05, 0.1) is 5.56 Å². The number of anilines is 1. The zero-order chi connectivity index (χ0) is 23.4. The van der Waals surface area contributed by atoms with Crippen LogP contribution in [0.2, 0.25) is 0 Å². The van der Waals surface area contributed by atoms with Crippen LogP contribution in [0.3, 0.4) is 0 Å². The maximum absolute atomic E-state index is 12.9. The van der Waals surface area contributed by atoms with Gasteiger partial charge in [0.2, 0.25) is 5.82 Å². The van der Waals surface area contributed by atoms with Gasteiger partial charge < -0.3 is 5.32 Å². The topological polar surface area (TPSA) is 89.8 Å². The van der Waals surface area contributed by atoms with E-state index < -0.39 is 11.7 Å². The molecule has 166 valence electrons. The van der Waals surface area contributed by atoms with Crippen LogP contribution >= 0.6 is 0 Å². The number of hydrogen-bond acceptors (Lipinski definition) is 5. The van der Waals surface area contributed by atoms with Crippen LogP contribution in [0.25, 0.3) is 11.4 Å². The zero-order valence-corrected chi connectivity index (χ0v) is 17.0. The first-order chi connectivity index (χ1) is 15.8. The van der Waals surface area contributed by atoms with Crippen molar-refractivity contribution in [2.24, 2.45) is 0 Å². The van der Waals surface area contributed by atoms with E-state index in [9.17, 15) is 22.8 Å². The van der Waals surface area contributed by atoms with Crippen LogP contribution in [0.4, 0.5) is 18.9 Å². The predicted molar refractivity (Wildman–Crippen MR) is 113 cm³/mol. The maximum Gasteiger partial charge on any atom is 0.416 e. The highest BCUT2D eigenvalue weighted by atomic mass is 19.4. The van der Waals surface area contributed by atoms with Crippen molar-refractivity contribution in [1.29, 1.82) is 0 Å². The molecule has 0 saturated carbocycles. The predicted octanol–water partition coefficient (Wildman–Crippen LogP) is 4.49. The first-order valence-electron chi connectivity index (χ1n) is 9.75. The average Bonchev–Trinajstić information content (AvgIpc) is 3.28. The Labute approximate surface area is 185 Å². The second-order valence-corrected chi connectivity index (χ2v) is 7.04. The number of carbonyl (C=O) groups excluding carboxylic acids is 2. The van der Waals surface area contributed by atoms with Crippen molar-refractivity contribution in [3.05, 3.63) is 95.6 Å². The zero-order valence-electron chi connectivity index (χ0n) is 17.0. The number of rotatable bonds is 6. The van der Waals surface area contributed by atoms with Crippen molar-refractivity contribution < 1.29 is 22.8 Å². The number of tetrazole rings is 1. The fourth-order valence-electron chi connectivity index (χ4n) is 3.01. The van der Waals surface area contributed by atoms with Crippen molar-refractivity contribution in [2.45, 2.75) is 12.7 Å². The van der Waals surface area contributed by atoms with Gasteiger partial charge in [-0.2, -0.15) is 18.0 Å². The molecule has 0 aliphatic rings. The number of carbonyl (C=O) groups is 2. The number of alkyl halides is 3. The summed E-state index contributed by atoms with van der Waals surface area (Å²) >= 11 is 0. The third kappa shape index (κ3) is 5.29. The van der Waals surface area contributed by atoms with E-state index >= 15 is 0 Å². The Balaban J connectivity index is 1.41. The van der Waals surface area contributed by atoms with Crippen molar-refractivity contribution in [2.75, 3.05) is 5.32 Å². The summed E-state index contributed by atoms with van der Waals surface area (Å²) in [4.78, 5) is 25.8. The molecule has 3 aromatic carbocycles. The number of aromatic nitrogens is 4. The molecule has 0 aliphatic heterocycles. The Morgan fingerprint density at radius 2 is 1.61 bits per heavy atom. The Morgan fingerprint density at radius 3 is 2.30 bits per heavy atom. The second kappa shape index (κ2) is 9.03. The Bertz CT molecular complexity index is 1290. The molecule has 4 rings (SSSR count). The molecule has 1 aromatic heterocycles. The molecule has 33 heavy (non-hydrogen) atoms. The molecule has 0 bridgehead atoms. The number of nitrogens with one attached hydrogen (secondary N) is 1. The molecule has 1 N–H and O–H groups in total. The highest BCUT2D eigenvalue weighted by Crippen LogP contribution is 2.31. The average molecular weight is 451 g/mol. The van der Waals surface area contributed by atoms with Gasteiger partial charge in [0, 0.05) is 22.4 Å². The molecule has 7 nitrogen and oxygen atoms in total. The SMILES string of the molecule is O=C(Cn1nnc(-c2cccc(C(F)(F)F)c2)n1)c1ccc(NC(=O)c2ccccc2)cc1. The smallest absolute Gasteiger partial charge is 0.322 e. The van der Waals surface area contributed by atoms with Crippen LogP contribution in [0.15, 0.2) is 78.9 Å². The van der Waals surface area contributed by atoms with Crippen molar-refractivity contribution in [1.82, 2.24) is 20.2 Å². The molecule has 10 heteroatoms. The third-order valence-corrected chi connectivity index (χ3v) is 4.69. The van der Waals surface area contributed by atoms with Gasteiger partial charge in [0.1, 0.15) is 6.54 Å². The highest BCUT2D eigenvalue weighted by molar-refractivity contribution is 6.04. The molecule has 0 saturated heterocycles. The van der Waals surface area contributed by atoms with Crippen LogP contribution in [-0.2, 0) is 12.7 Å². The summed E-state index contributed by atoms with van der Waals surface area (Å²) in [6.07, 6.45) is -4.49. The summed E-state index contributed by atoms with van der Waals surface area (Å²) < 4.78 is 38.7. The van der Waals surface area contributed by atoms with Crippen LogP contribution in [-0.4, -0.2) is 31.9 Å². The van der Waals surface area contributed by atoms with Crippen LogP contribution in [0, 0.1) is 0 Å². The molecular weight excluding hydrogens is 435 g/mol. The van der Waals surface area contributed by atoms with E-state index in [-0.39, 0.29) is 29.6 Å². The van der Waals surface area contributed by atoms with E-state index in [1.165, 1.54) is 12.1 Å². The van der Waals surface area contributed by atoms with Gasteiger partial charge in [0.15, 0.2) is 5.78 Å². The highest BCUT2D eigenvalue weighted by Gasteiger charge is 2.30. The number of Topliss-reactive ketones (excluding diaryl/α,β-unsaturated/α-hetero) is 1. The van der Waals surface area contributed by atoms with Gasteiger partial charge in [-0.15, -0.1) is 10.2 Å². The van der Waals surface area contributed by atoms with E-state index in [2.05, 4.69) is 20.7 Å². The minimum Gasteiger partial charge on any atom is -0.322 e. The lowest BCUT2D eigenvalue weighted by Gasteiger charge is -2.07. The number of halogens is 3. The Kier molecular flexibility index (Phi) is 5.99. The molecule has 4 aromatic rings. The third-order valence-electron chi connectivity index (χ3n) is 4.69. The van der Waals surface area contributed by atoms with Crippen molar-refractivity contribution in [3.8, 4) is 11.4 Å². The summed E-state index contributed by atoms with van der Waals surface area (Å²) in [5.74, 6) is -0.625. The summed E-state index contributed by atoms with van der Waals surface area (Å²) in [5.41, 5.74) is 0.692. The first-order valence-corrected chi connectivity index (χ1v) is 9.75. The van der Waals surface area contributed by atoms with Gasteiger partial charge in [-0.1, -0.05) is 30.3 Å². The lowest BCUT2D eigenvalue weighted by Crippen LogP contribution is -2.14.